The number of aromatic amines is 2. The van der Waals surface area contributed by atoms with Gasteiger partial charge in [-0.3, -0.25) is 9.89 Å². The molecular formula is C24H24N6O. The van der Waals surface area contributed by atoms with E-state index in [4.69, 9.17) is 0 Å². The molecule has 2 aromatic carbocycles. The van der Waals surface area contributed by atoms with E-state index in [1.165, 1.54) is 5.57 Å². The first-order valence-electron chi connectivity index (χ1n) is 10.5. The molecule has 2 aromatic heterocycles. The second-order valence-electron chi connectivity index (χ2n) is 8.10. The molecule has 0 spiro atoms. The van der Waals surface area contributed by atoms with Gasteiger partial charge in [0.05, 0.1) is 22.7 Å². The van der Waals surface area contributed by atoms with Gasteiger partial charge in [-0.25, -0.2) is 4.98 Å². The van der Waals surface area contributed by atoms with Crippen LogP contribution < -0.4 is 10.6 Å². The van der Waals surface area contributed by atoms with Gasteiger partial charge in [0, 0.05) is 22.3 Å². The fraction of sp³-hybridized carbons (Fsp3) is 0.208. The van der Waals surface area contributed by atoms with Crippen LogP contribution in [0.2, 0.25) is 0 Å². The molecular weight excluding hydrogens is 388 g/mol. The molecule has 0 bridgehead atoms. The lowest BCUT2D eigenvalue weighted by atomic mass is 9.93. The molecule has 1 aliphatic rings. The molecule has 0 fully saturated rings. The Kier molecular flexibility index (Phi) is 4.78. The van der Waals surface area contributed by atoms with Gasteiger partial charge in [-0.2, -0.15) is 5.10 Å². The van der Waals surface area contributed by atoms with Crippen molar-refractivity contribution in [2.24, 2.45) is 5.92 Å². The van der Waals surface area contributed by atoms with Gasteiger partial charge in [0.15, 0.2) is 0 Å². The number of anilines is 2. The van der Waals surface area contributed by atoms with Gasteiger partial charge in [0.25, 0.3) is 5.91 Å². The Bertz CT molecular complexity index is 1340. The van der Waals surface area contributed by atoms with E-state index < -0.39 is 0 Å². The standard InChI is InChI=1S/C24H24N6O/c1-14(2)18-5-3-4-6-19(18)27-24-28-20-10-9-17(12-22(20)29-24)26-23(31)15-7-8-16-13-25-30-21(16)11-15/h4,6-14H,3,5H2,1-2H3,(H,25,30)(H,26,31)(H2,27,28,29). The number of hydrogen-bond acceptors (Lipinski definition) is 4. The molecule has 1 aliphatic carbocycles. The Morgan fingerprint density at radius 3 is 2.90 bits per heavy atom. The Morgan fingerprint density at radius 2 is 2.03 bits per heavy atom. The Hall–Kier alpha value is -3.87. The molecule has 0 atom stereocenters. The van der Waals surface area contributed by atoms with Crippen molar-refractivity contribution in [3.05, 3.63) is 71.6 Å². The fourth-order valence-corrected chi connectivity index (χ4v) is 3.96. The molecule has 0 saturated heterocycles. The lowest BCUT2D eigenvalue weighted by Gasteiger charge is -2.19. The second kappa shape index (κ2) is 7.75. The molecule has 2 heterocycles. The van der Waals surface area contributed by atoms with Crippen LogP contribution in [0.15, 0.2) is 66.0 Å². The first-order valence-corrected chi connectivity index (χ1v) is 10.5. The number of allylic oxidation sites excluding steroid dienone is 3. The predicted molar refractivity (Wildman–Crippen MR) is 124 cm³/mol. The van der Waals surface area contributed by atoms with Gasteiger partial charge in [-0.15, -0.1) is 0 Å². The number of nitrogens with zero attached hydrogens (tertiary/aromatic N) is 2. The highest BCUT2D eigenvalue weighted by Crippen LogP contribution is 2.27. The highest BCUT2D eigenvalue weighted by molar-refractivity contribution is 6.06. The van der Waals surface area contributed by atoms with Crippen molar-refractivity contribution >= 4 is 39.5 Å². The van der Waals surface area contributed by atoms with Gasteiger partial charge in [-0.1, -0.05) is 26.0 Å². The van der Waals surface area contributed by atoms with Crippen molar-refractivity contribution in [2.75, 3.05) is 10.6 Å². The number of rotatable bonds is 5. The lowest BCUT2D eigenvalue weighted by molar-refractivity contribution is 0.102. The van der Waals surface area contributed by atoms with Crippen molar-refractivity contribution in [2.45, 2.75) is 26.7 Å². The van der Waals surface area contributed by atoms with Crippen LogP contribution in [0, 0.1) is 5.92 Å². The summed E-state index contributed by atoms with van der Waals surface area (Å²) in [4.78, 5) is 20.7. The van der Waals surface area contributed by atoms with Gasteiger partial charge < -0.3 is 15.6 Å². The molecule has 0 radical (unpaired) electrons. The number of H-pyrrole nitrogens is 2. The van der Waals surface area contributed by atoms with E-state index in [1.54, 1.807) is 18.3 Å². The van der Waals surface area contributed by atoms with Crippen LogP contribution in [0.25, 0.3) is 21.9 Å². The molecule has 31 heavy (non-hydrogen) atoms. The third-order valence-corrected chi connectivity index (χ3v) is 5.60. The third-order valence-electron chi connectivity index (χ3n) is 5.60. The van der Waals surface area contributed by atoms with Gasteiger partial charge in [-0.05, 0) is 60.7 Å². The summed E-state index contributed by atoms with van der Waals surface area (Å²) >= 11 is 0. The molecule has 0 aliphatic heterocycles. The van der Waals surface area contributed by atoms with Crippen LogP contribution in [-0.4, -0.2) is 26.1 Å². The molecule has 0 unspecified atom stereocenters. The van der Waals surface area contributed by atoms with Gasteiger partial charge in [0.2, 0.25) is 5.95 Å². The first kappa shape index (κ1) is 19.1. The predicted octanol–water partition coefficient (Wildman–Crippen LogP) is 5.36. The highest BCUT2D eigenvalue weighted by Gasteiger charge is 2.14. The number of fused-ring (bicyclic) bond motifs is 2. The van der Waals surface area contributed by atoms with Crippen LogP contribution in [0.5, 0.6) is 0 Å². The normalized spacial score (nSPS) is 14.0. The summed E-state index contributed by atoms with van der Waals surface area (Å²) in [7, 11) is 0. The van der Waals surface area contributed by atoms with Crippen molar-refractivity contribution in [3.63, 3.8) is 0 Å². The van der Waals surface area contributed by atoms with Crippen LogP contribution in [0.1, 0.15) is 37.0 Å². The minimum absolute atomic E-state index is 0.173. The summed E-state index contributed by atoms with van der Waals surface area (Å²) < 4.78 is 0. The number of nitrogens with one attached hydrogen (secondary N) is 4. The number of imidazole rings is 1. The number of aromatic nitrogens is 4. The monoisotopic (exact) mass is 412 g/mol. The van der Waals surface area contributed by atoms with Crippen molar-refractivity contribution in [1.82, 2.24) is 20.2 Å². The summed E-state index contributed by atoms with van der Waals surface area (Å²) in [6.07, 6.45) is 8.20. The molecule has 4 N–H and O–H groups in total. The number of carbonyl (C=O) groups excluding carboxylic acids is 1. The fourth-order valence-electron chi connectivity index (χ4n) is 3.96. The maximum atomic E-state index is 12.7. The van der Waals surface area contributed by atoms with E-state index in [0.29, 0.717) is 23.1 Å². The molecule has 7 nitrogen and oxygen atoms in total. The van der Waals surface area contributed by atoms with Gasteiger partial charge in [0.1, 0.15) is 0 Å². The molecule has 4 aromatic rings. The van der Waals surface area contributed by atoms with Crippen molar-refractivity contribution < 1.29 is 4.79 Å². The zero-order chi connectivity index (χ0) is 21.4. The molecule has 5 rings (SSSR count). The summed E-state index contributed by atoms with van der Waals surface area (Å²) in [5.74, 6) is 1.01. The van der Waals surface area contributed by atoms with Crippen LogP contribution in [0.3, 0.4) is 0 Å². The van der Waals surface area contributed by atoms with Gasteiger partial charge >= 0.3 is 0 Å². The van der Waals surface area contributed by atoms with Crippen molar-refractivity contribution in [3.8, 4) is 0 Å². The zero-order valence-corrected chi connectivity index (χ0v) is 17.5. The Morgan fingerprint density at radius 1 is 1.13 bits per heavy atom. The minimum Gasteiger partial charge on any atom is -0.326 e. The Labute approximate surface area is 179 Å². The third kappa shape index (κ3) is 3.82. The van der Waals surface area contributed by atoms with E-state index in [1.807, 2.05) is 24.3 Å². The van der Waals surface area contributed by atoms with Crippen LogP contribution >= 0.6 is 0 Å². The average molecular weight is 412 g/mol. The Balaban J connectivity index is 1.36. The van der Waals surface area contributed by atoms with E-state index >= 15 is 0 Å². The number of benzene rings is 2. The maximum Gasteiger partial charge on any atom is 0.255 e. The minimum atomic E-state index is -0.173. The molecule has 156 valence electrons. The van der Waals surface area contributed by atoms with E-state index in [2.05, 4.69) is 56.8 Å². The quantitative estimate of drug-likeness (QED) is 0.354. The largest absolute Gasteiger partial charge is 0.326 e. The SMILES string of the molecule is CC(C)C1=C(Nc2nc3ccc(NC(=O)c4ccc5cn[nH]c5c4)cc3[nH]2)C=CCC1. The van der Waals surface area contributed by atoms with E-state index in [9.17, 15) is 4.79 Å². The summed E-state index contributed by atoms with van der Waals surface area (Å²) in [5.41, 5.74) is 6.33. The summed E-state index contributed by atoms with van der Waals surface area (Å²) in [5, 5.41) is 14.2. The number of carbonyl (C=O) groups is 1. The maximum absolute atomic E-state index is 12.7. The van der Waals surface area contributed by atoms with E-state index in [0.717, 1.165) is 40.5 Å². The second-order valence-corrected chi connectivity index (χ2v) is 8.10. The van der Waals surface area contributed by atoms with Crippen molar-refractivity contribution in [1.29, 1.82) is 0 Å². The molecule has 1 amide bonds. The smallest absolute Gasteiger partial charge is 0.255 e. The van der Waals surface area contributed by atoms with Crippen LogP contribution in [-0.2, 0) is 0 Å². The zero-order valence-electron chi connectivity index (χ0n) is 17.5. The first-order chi connectivity index (χ1) is 15.1. The number of hydrogen-bond donors (Lipinski definition) is 4. The van der Waals surface area contributed by atoms with Crippen LogP contribution in [0.4, 0.5) is 11.6 Å². The topological polar surface area (TPSA) is 98.5 Å². The summed E-state index contributed by atoms with van der Waals surface area (Å²) in [6.45, 7) is 4.43. The summed E-state index contributed by atoms with van der Waals surface area (Å²) in [6, 6.07) is 11.1. The van der Waals surface area contributed by atoms with E-state index in [-0.39, 0.29) is 5.91 Å². The number of amides is 1. The highest BCUT2D eigenvalue weighted by atomic mass is 16.1. The molecule has 7 heteroatoms. The lowest BCUT2D eigenvalue weighted by Crippen LogP contribution is -2.11. The average Bonchev–Trinajstić information content (AvgIpc) is 3.39. The molecule has 0 saturated carbocycles.